The maximum atomic E-state index is 14.4. The van der Waals surface area contributed by atoms with Gasteiger partial charge in [-0.05, 0) is 54.1 Å². The van der Waals surface area contributed by atoms with E-state index >= 15 is 0 Å². The van der Waals surface area contributed by atoms with Crippen LogP contribution < -0.4 is 19.1 Å². The van der Waals surface area contributed by atoms with Crippen molar-refractivity contribution in [2.24, 2.45) is 0 Å². The van der Waals surface area contributed by atoms with E-state index in [9.17, 15) is 22.4 Å². The number of anilines is 1. The second kappa shape index (κ2) is 15.3. The van der Waals surface area contributed by atoms with Crippen LogP contribution in [-0.4, -0.2) is 59.0 Å². The molecule has 4 aromatic carbocycles. The molecule has 0 radical (unpaired) electrons. The molecule has 0 aliphatic heterocycles. The molecule has 0 aromatic heterocycles. The van der Waals surface area contributed by atoms with E-state index < -0.39 is 40.2 Å². The lowest BCUT2D eigenvalue weighted by molar-refractivity contribution is -0.139. The predicted molar refractivity (Wildman–Crippen MR) is 175 cm³/mol. The van der Waals surface area contributed by atoms with Crippen molar-refractivity contribution in [3.05, 3.63) is 118 Å². The number of halogens is 3. The van der Waals surface area contributed by atoms with Crippen LogP contribution in [0.4, 0.5) is 10.1 Å². The molecule has 0 fully saturated rings. The lowest BCUT2D eigenvalue weighted by Crippen LogP contribution is -2.53. The highest BCUT2D eigenvalue weighted by Crippen LogP contribution is 2.33. The maximum Gasteiger partial charge on any atom is 0.264 e. The molecule has 0 spiro atoms. The number of carbonyl (C=O) groups excluding carboxylic acids is 2. The number of benzene rings is 4. The second-order valence-electron chi connectivity index (χ2n) is 10.0. The van der Waals surface area contributed by atoms with Gasteiger partial charge in [0, 0.05) is 41.7 Å². The summed E-state index contributed by atoms with van der Waals surface area (Å²) in [6.45, 7) is -0.970. The van der Waals surface area contributed by atoms with Gasteiger partial charge in [-0.15, -0.1) is 0 Å². The molecular formula is C33H32Cl2FN3O6S. The van der Waals surface area contributed by atoms with E-state index in [1.165, 1.54) is 56.5 Å². The van der Waals surface area contributed by atoms with Gasteiger partial charge < -0.3 is 19.7 Å². The topological polar surface area (TPSA) is 105 Å². The molecule has 4 aromatic rings. The van der Waals surface area contributed by atoms with Crippen LogP contribution in [0.3, 0.4) is 0 Å². The zero-order valence-corrected chi connectivity index (χ0v) is 27.6. The average molecular weight is 689 g/mol. The number of sulfonamides is 1. The molecule has 4 rings (SSSR count). The summed E-state index contributed by atoms with van der Waals surface area (Å²) >= 11 is 13.0. The van der Waals surface area contributed by atoms with Gasteiger partial charge in [0.25, 0.3) is 10.0 Å². The van der Waals surface area contributed by atoms with E-state index in [2.05, 4.69) is 5.32 Å². The molecule has 0 bridgehead atoms. The minimum absolute atomic E-state index is 0.0137. The third-order valence-corrected chi connectivity index (χ3v) is 9.72. The minimum atomic E-state index is -4.48. The number of amides is 2. The standard InChI is InChI=1S/C33H32Cl2FN3O6S/c1-37-33(41)29(18-22-8-5-4-6-9-22)38(20-26-27(34)10-7-11-28(26)35)32(40)21-39(24-14-12-23(36)13-15-24)46(42,43)25-16-17-30(44-2)31(19-25)45-3/h4-17,19,29H,18,20-21H2,1-3H3,(H,37,41)/t29-/m0/s1. The van der Waals surface area contributed by atoms with E-state index in [0.29, 0.717) is 11.3 Å². The summed E-state index contributed by atoms with van der Waals surface area (Å²) in [6.07, 6.45) is 0.104. The highest BCUT2D eigenvalue weighted by Gasteiger charge is 2.35. The SMILES string of the molecule is CNC(=O)[C@H](Cc1ccccc1)N(Cc1c(Cl)cccc1Cl)C(=O)CN(c1ccc(F)cc1)S(=O)(=O)c1ccc(OC)c(OC)c1. The largest absolute Gasteiger partial charge is 0.493 e. The Morgan fingerprint density at radius 1 is 0.870 bits per heavy atom. The van der Waals surface area contributed by atoms with Crippen LogP contribution in [0.15, 0.2) is 95.9 Å². The number of nitrogens with one attached hydrogen (secondary N) is 1. The van der Waals surface area contributed by atoms with Gasteiger partial charge in [-0.1, -0.05) is 59.6 Å². The summed E-state index contributed by atoms with van der Waals surface area (Å²) in [6, 6.07) is 21.5. The number of hydrogen-bond acceptors (Lipinski definition) is 6. The lowest BCUT2D eigenvalue weighted by atomic mass is 10.0. The van der Waals surface area contributed by atoms with E-state index in [1.807, 2.05) is 18.2 Å². The third kappa shape index (κ3) is 7.90. The van der Waals surface area contributed by atoms with Gasteiger partial charge in [-0.2, -0.15) is 0 Å². The Balaban J connectivity index is 1.84. The molecule has 0 aliphatic carbocycles. The van der Waals surface area contributed by atoms with Crippen LogP contribution in [-0.2, 0) is 32.6 Å². The molecule has 1 atom stereocenters. The molecule has 2 amide bonds. The highest BCUT2D eigenvalue weighted by molar-refractivity contribution is 7.92. The van der Waals surface area contributed by atoms with Gasteiger partial charge in [-0.3, -0.25) is 13.9 Å². The Morgan fingerprint density at radius 2 is 1.50 bits per heavy atom. The van der Waals surface area contributed by atoms with E-state index in [4.69, 9.17) is 32.7 Å². The molecule has 0 unspecified atom stereocenters. The van der Waals surface area contributed by atoms with Crippen LogP contribution in [0.1, 0.15) is 11.1 Å². The zero-order chi connectivity index (χ0) is 33.4. The highest BCUT2D eigenvalue weighted by atomic mass is 35.5. The van der Waals surface area contributed by atoms with Crippen molar-refractivity contribution in [1.29, 1.82) is 0 Å². The van der Waals surface area contributed by atoms with Crippen LogP contribution in [0.25, 0.3) is 0 Å². The Hall–Kier alpha value is -4.32. The van der Waals surface area contributed by atoms with Crippen molar-refractivity contribution >= 4 is 50.7 Å². The Labute approximate surface area is 277 Å². The molecule has 13 heteroatoms. The van der Waals surface area contributed by atoms with Crippen LogP contribution in [0, 0.1) is 5.82 Å². The van der Waals surface area contributed by atoms with E-state index in [1.54, 1.807) is 30.3 Å². The number of likely N-dealkylation sites (N-methyl/N-ethyl adjacent to an activating group) is 1. The summed E-state index contributed by atoms with van der Waals surface area (Å²) in [5, 5.41) is 3.13. The first-order valence-electron chi connectivity index (χ1n) is 14.0. The monoisotopic (exact) mass is 687 g/mol. The summed E-state index contributed by atoms with van der Waals surface area (Å²) < 4.78 is 53.8. The Bertz CT molecular complexity index is 1770. The Morgan fingerprint density at radius 3 is 2.09 bits per heavy atom. The van der Waals surface area contributed by atoms with Gasteiger partial charge in [0.1, 0.15) is 18.4 Å². The number of nitrogens with zero attached hydrogens (tertiary/aromatic N) is 2. The van der Waals surface area contributed by atoms with Crippen molar-refractivity contribution in [2.75, 3.05) is 32.1 Å². The van der Waals surface area contributed by atoms with Gasteiger partial charge in [0.15, 0.2) is 11.5 Å². The number of hydrogen-bond donors (Lipinski definition) is 1. The molecule has 0 saturated heterocycles. The Kier molecular flexibility index (Phi) is 11.5. The van der Waals surface area contributed by atoms with Crippen LogP contribution >= 0.6 is 23.2 Å². The number of rotatable bonds is 13. The maximum absolute atomic E-state index is 14.4. The van der Waals surface area contributed by atoms with Crippen LogP contribution in [0.5, 0.6) is 11.5 Å². The normalized spacial score (nSPS) is 11.8. The zero-order valence-electron chi connectivity index (χ0n) is 25.2. The summed E-state index contributed by atoms with van der Waals surface area (Å²) in [4.78, 5) is 28.8. The number of carbonyl (C=O) groups is 2. The average Bonchev–Trinajstić information content (AvgIpc) is 3.06. The van der Waals surface area contributed by atoms with Gasteiger partial charge >= 0.3 is 0 Å². The fraction of sp³-hybridized carbons (Fsp3) is 0.212. The molecule has 0 aliphatic rings. The fourth-order valence-corrected chi connectivity index (χ4v) is 6.76. The van der Waals surface area contributed by atoms with Crippen molar-refractivity contribution in [3.8, 4) is 11.5 Å². The van der Waals surface area contributed by atoms with Gasteiger partial charge in [-0.25, -0.2) is 12.8 Å². The smallest absolute Gasteiger partial charge is 0.264 e. The molecule has 9 nitrogen and oxygen atoms in total. The minimum Gasteiger partial charge on any atom is -0.493 e. The first-order chi connectivity index (χ1) is 22.0. The number of ether oxygens (including phenoxy) is 2. The third-order valence-electron chi connectivity index (χ3n) is 7.24. The lowest BCUT2D eigenvalue weighted by Gasteiger charge is -2.34. The second-order valence-corrected chi connectivity index (χ2v) is 12.7. The molecular weight excluding hydrogens is 656 g/mol. The quantitative estimate of drug-likeness (QED) is 0.193. The van der Waals surface area contributed by atoms with Crippen molar-refractivity contribution in [1.82, 2.24) is 10.2 Å². The molecule has 242 valence electrons. The van der Waals surface area contributed by atoms with Crippen molar-refractivity contribution in [2.45, 2.75) is 23.9 Å². The summed E-state index contributed by atoms with van der Waals surface area (Å²) in [5.74, 6) is -1.39. The predicted octanol–water partition coefficient (Wildman–Crippen LogP) is 5.73. The first kappa shape index (κ1) is 34.6. The first-order valence-corrected chi connectivity index (χ1v) is 16.2. The van der Waals surface area contributed by atoms with Crippen LogP contribution in [0.2, 0.25) is 10.0 Å². The van der Waals surface area contributed by atoms with Gasteiger partial charge in [0.05, 0.1) is 24.8 Å². The van der Waals surface area contributed by atoms with Crippen molar-refractivity contribution in [3.63, 3.8) is 0 Å². The molecule has 0 heterocycles. The van der Waals surface area contributed by atoms with Gasteiger partial charge in [0.2, 0.25) is 11.8 Å². The fourth-order valence-electron chi connectivity index (χ4n) is 4.81. The molecule has 1 N–H and O–H groups in total. The molecule has 46 heavy (non-hydrogen) atoms. The van der Waals surface area contributed by atoms with E-state index in [-0.39, 0.29) is 39.3 Å². The summed E-state index contributed by atoms with van der Waals surface area (Å²) in [5.41, 5.74) is 1.14. The van der Waals surface area contributed by atoms with E-state index in [0.717, 1.165) is 22.0 Å². The number of methoxy groups -OCH3 is 2. The summed E-state index contributed by atoms with van der Waals surface area (Å²) in [7, 11) is -0.265. The van der Waals surface area contributed by atoms with Crippen molar-refractivity contribution < 1.29 is 31.9 Å². The molecule has 0 saturated carbocycles.